The molecule has 1 aliphatic heterocycles. The Bertz CT molecular complexity index is 590. The Hall–Kier alpha value is -1.96. The minimum absolute atomic E-state index is 0.00931. The van der Waals surface area contributed by atoms with Crippen molar-refractivity contribution in [3.05, 3.63) is 17.5 Å². The van der Waals surface area contributed by atoms with Gasteiger partial charge in [-0.25, -0.2) is 14.8 Å². The van der Waals surface area contributed by atoms with Crippen molar-refractivity contribution >= 4 is 34.7 Å². The number of amides is 1. The Labute approximate surface area is 119 Å². The number of aromatic carboxylic acids is 1. The van der Waals surface area contributed by atoms with Gasteiger partial charge in [0.1, 0.15) is 0 Å². The first-order valence-corrected chi connectivity index (χ1v) is 6.81. The third-order valence-corrected chi connectivity index (χ3v) is 3.84. The fraction of sp³-hybridized carbons (Fsp3) is 0.417. The summed E-state index contributed by atoms with van der Waals surface area (Å²) in [6, 6.07) is 0. The highest BCUT2D eigenvalue weighted by Crippen LogP contribution is 2.26. The molecule has 0 bridgehead atoms. The molecule has 1 saturated heterocycles. The van der Waals surface area contributed by atoms with Crippen LogP contribution in [0.1, 0.15) is 29.4 Å². The fourth-order valence-corrected chi connectivity index (χ4v) is 2.90. The molecule has 1 aliphatic rings. The number of carboxylic acid groups (broad SMARTS) is 1. The Kier molecular flexibility index (Phi) is 4.03. The Morgan fingerprint density at radius 2 is 2.20 bits per heavy atom. The predicted octanol–water partition coefficient (Wildman–Crippen LogP) is 0.868. The molecule has 0 aliphatic carbocycles. The van der Waals surface area contributed by atoms with Crippen molar-refractivity contribution in [1.82, 2.24) is 9.97 Å². The number of carbonyl (C=O) groups is 3. The molecular formula is C12H13N3O4S. The number of hydrogen-bond acceptors (Lipinski definition) is 6. The van der Waals surface area contributed by atoms with Gasteiger partial charge in [-0.1, -0.05) is 11.8 Å². The second-order valence-corrected chi connectivity index (χ2v) is 5.89. The van der Waals surface area contributed by atoms with Crippen molar-refractivity contribution in [2.45, 2.75) is 25.5 Å². The Balaban J connectivity index is 2.20. The first kappa shape index (κ1) is 14.4. The quantitative estimate of drug-likeness (QED) is 0.882. The van der Waals surface area contributed by atoms with Gasteiger partial charge in [0, 0.05) is 31.3 Å². The molecule has 0 radical (unpaired) electrons. The number of thioether (sulfide) groups is 1. The smallest absolute Gasteiger partial charge is 0.339 e. The second-order valence-electron chi connectivity index (χ2n) is 4.41. The standard InChI is InChI=1S/C12H13N3O4S/c1-6-9(11(18)19)4-13-12(14-6)15-5-8(3-10(15)17)20-7(2)16/h4,8H,3,5H2,1-2H3,(H,18,19). The van der Waals surface area contributed by atoms with Gasteiger partial charge in [-0.15, -0.1) is 0 Å². The van der Waals surface area contributed by atoms with Gasteiger partial charge >= 0.3 is 5.97 Å². The topological polar surface area (TPSA) is 100 Å². The van der Waals surface area contributed by atoms with Gasteiger partial charge in [0.25, 0.3) is 0 Å². The van der Waals surface area contributed by atoms with Crippen molar-refractivity contribution in [2.75, 3.05) is 11.4 Å². The molecule has 1 atom stereocenters. The average molecular weight is 295 g/mol. The van der Waals surface area contributed by atoms with Crippen LogP contribution < -0.4 is 4.90 Å². The monoisotopic (exact) mass is 295 g/mol. The van der Waals surface area contributed by atoms with Crippen LogP contribution in [0.15, 0.2) is 6.20 Å². The third kappa shape index (κ3) is 2.96. The molecule has 1 amide bonds. The molecule has 20 heavy (non-hydrogen) atoms. The van der Waals surface area contributed by atoms with E-state index in [9.17, 15) is 14.4 Å². The minimum atomic E-state index is -1.10. The van der Waals surface area contributed by atoms with Gasteiger partial charge < -0.3 is 5.11 Å². The molecule has 8 heteroatoms. The summed E-state index contributed by atoms with van der Waals surface area (Å²) in [5, 5.41) is 8.77. The van der Waals surface area contributed by atoms with Crippen LogP contribution in [0.25, 0.3) is 0 Å². The Morgan fingerprint density at radius 1 is 1.50 bits per heavy atom. The maximum Gasteiger partial charge on any atom is 0.339 e. The lowest BCUT2D eigenvalue weighted by atomic mass is 10.2. The summed E-state index contributed by atoms with van der Waals surface area (Å²) in [4.78, 5) is 43.2. The lowest BCUT2D eigenvalue weighted by Crippen LogP contribution is -2.27. The third-order valence-electron chi connectivity index (χ3n) is 2.86. The van der Waals surface area contributed by atoms with E-state index in [0.717, 1.165) is 11.8 Å². The molecule has 1 unspecified atom stereocenters. The summed E-state index contributed by atoms with van der Waals surface area (Å²) >= 11 is 1.13. The van der Waals surface area contributed by atoms with Crippen molar-refractivity contribution in [3.63, 3.8) is 0 Å². The maximum absolute atomic E-state index is 11.9. The van der Waals surface area contributed by atoms with E-state index in [2.05, 4.69) is 9.97 Å². The number of aromatic nitrogens is 2. The SMILES string of the molecule is CC(=O)SC1CC(=O)N(c2ncc(C(=O)O)c(C)n2)C1. The zero-order chi connectivity index (χ0) is 14.9. The molecule has 1 aromatic heterocycles. The summed E-state index contributed by atoms with van der Waals surface area (Å²) < 4.78 is 0. The molecule has 2 heterocycles. The van der Waals surface area contributed by atoms with E-state index < -0.39 is 5.97 Å². The Morgan fingerprint density at radius 3 is 2.75 bits per heavy atom. The molecule has 1 N–H and O–H groups in total. The highest BCUT2D eigenvalue weighted by atomic mass is 32.2. The first-order valence-electron chi connectivity index (χ1n) is 5.93. The molecule has 0 spiro atoms. The number of hydrogen-bond donors (Lipinski definition) is 1. The van der Waals surface area contributed by atoms with Gasteiger partial charge in [-0.3, -0.25) is 14.5 Å². The largest absolute Gasteiger partial charge is 0.478 e. The van der Waals surface area contributed by atoms with Crippen LogP contribution in [0.4, 0.5) is 5.95 Å². The molecule has 0 aromatic carbocycles. The van der Waals surface area contributed by atoms with Crippen molar-refractivity contribution in [1.29, 1.82) is 0 Å². The molecule has 7 nitrogen and oxygen atoms in total. The number of nitrogens with zero attached hydrogens (tertiary/aromatic N) is 3. The van der Waals surface area contributed by atoms with Crippen LogP contribution in [0.5, 0.6) is 0 Å². The van der Waals surface area contributed by atoms with E-state index in [1.54, 1.807) is 6.92 Å². The molecule has 2 rings (SSSR count). The average Bonchev–Trinajstić information content (AvgIpc) is 2.68. The van der Waals surface area contributed by atoms with E-state index >= 15 is 0 Å². The molecule has 0 saturated carbocycles. The number of anilines is 1. The van der Waals surface area contributed by atoms with Gasteiger partial charge in [0.15, 0.2) is 5.12 Å². The number of rotatable bonds is 3. The van der Waals surface area contributed by atoms with Crippen molar-refractivity contribution in [3.8, 4) is 0 Å². The van der Waals surface area contributed by atoms with Crippen LogP contribution in [0.3, 0.4) is 0 Å². The zero-order valence-corrected chi connectivity index (χ0v) is 11.8. The minimum Gasteiger partial charge on any atom is -0.478 e. The van der Waals surface area contributed by atoms with E-state index in [0.29, 0.717) is 12.2 Å². The van der Waals surface area contributed by atoms with E-state index in [-0.39, 0.29) is 34.2 Å². The van der Waals surface area contributed by atoms with E-state index in [4.69, 9.17) is 5.11 Å². The number of carboxylic acids is 1. The predicted molar refractivity (Wildman–Crippen MR) is 72.8 cm³/mol. The van der Waals surface area contributed by atoms with E-state index in [1.165, 1.54) is 18.0 Å². The summed E-state index contributed by atoms with van der Waals surface area (Å²) in [7, 11) is 0. The maximum atomic E-state index is 11.9. The number of aryl methyl sites for hydroxylation is 1. The normalized spacial score (nSPS) is 18.4. The van der Waals surface area contributed by atoms with Crippen LogP contribution >= 0.6 is 11.8 Å². The number of carbonyl (C=O) groups excluding carboxylic acids is 2. The van der Waals surface area contributed by atoms with Gasteiger partial charge in [0.05, 0.1) is 11.3 Å². The van der Waals surface area contributed by atoms with E-state index in [1.807, 2.05) is 0 Å². The molecule has 1 aromatic rings. The highest BCUT2D eigenvalue weighted by Gasteiger charge is 2.33. The van der Waals surface area contributed by atoms with Gasteiger partial charge in [-0.05, 0) is 6.92 Å². The molecule has 106 valence electrons. The summed E-state index contributed by atoms with van der Waals surface area (Å²) in [5.74, 6) is -1.08. The zero-order valence-electron chi connectivity index (χ0n) is 11.0. The molecule has 1 fully saturated rings. The molecular weight excluding hydrogens is 282 g/mol. The lowest BCUT2D eigenvalue weighted by Gasteiger charge is -2.14. The van der Waals surface area contributed by atoms with Gasteiger partial charge in [-0.2, -0.15) is 0 Å². The van der Waals surface area contributed by atoms with Crippen molar-refractivity contribution < 1.29 is 19.5 Å². The van der Waals surface area contributed by atoms with Crippen LogP contribution in [0, 0.1) is 6.92 Å². The van der Waals surface area contributed by atoms with Crippen LogP contribution in [0.2, 0.25) is 0 Å². The van der Waals surface area contributed by atoms with Crippen LogP contribution in [-0.2, 0) is 9.59 Å². The summed E-state index contributed by atoms with van der Waals surface area (Å²) in [6.45, 7) is 3.37. The second kappa shape index (κ2) is 5.58. The first-order chi connectivity index (χ1) is 9.38. The highest BCUT2D eigenvalue weighted by molar-refractivity contribution is 8.14. The summed E-state index contributed by atoms with van der Waals surface area (Å²) in [5.41, 5.74) is 0.313. The van der Waals surface area contributed by atoms with Crippen LogP contribution in [-0.4, -0.2) is 43.9 Å². The van der Waals surface area contributed by atoms with Crippen molar-refractivity contribution in [2.24, 2.45) is 0 Å². The summed E-state index contributed by atoms with van der Waals surface area (Å²) in [6.07, 6.45) is 1.45. The fourth-order valence-electron chi connectivity index (χ4n) is 1.98. The van der Waals surface area contributed by atoms with Gasteiger partial charge in [0.2, 0.25) is 11.9 Å². The lowest BCUT2D eigenvalue weighted by molar-refractivity contribution is -0.117.